The number of amides is 1. The maximum Gasteiger partial charge on any atom is 0.269 e. The van der Waals surface area contributed by atoms with Gasteiger partial charge in [-0.3, -0.25) is 20.1 Å². The minimum absolute atomic E-state index is 0.000430. The molecule has 1 saturated heterocycles. The number of rotatable bonds is 7. The second-order valence-corrected chi connectivity index (χ2v) is 8.31. The zero-order chi connectivity index (χ0) is 22.4. The number of anilines is 1. The van der Waals surface area contributed by atoms with Gasteiger partial charge in [-0.1, -0.05) is 26.0 Å². The fourth-order valence-electron chi connectivity index (χ4n) is 3.42. The number of piperazine rings is 1. The van der Waals surface area contributed by atoms with Crippen LogP contribution in [-0.2, 0) is 6.54 Å². The molecule has 2 heterocycles. The van der Waals surface area contributed by atoms with Crippen LogP contribution in [0.2, 0.25) is 0 Å². The first-order valence-corrected chi connectivity index (χ1v) is 10.5. The molecule has 0 saturated carbocycles. The number of nitrogens with zero attached hydrogens (tertiary/aromatic N) is 6. The summed E-state index contributed by atoms with van der Waals surface area (Å²) in [6, 6.07) is 9.56. The predicted molar refractivity (Wildman–Crippen MR) is 121 cm³/mol. The van der Waals surface area contributed by atoms with Gasteiger partial charge in [0, 0.05) is 51.0 Å². The smallest absolute Gasteiger partial charge is 0.269 e. The molecule has 1 amide bonds. The first-order valence-electron chi connectivity index (χ1n) is 10.5. The van der Waals surface area contributed by atoms with E-state index < -0.39 is 0 Å². The number of hydrazine groups is 1. The molecule has 160 valence electrons. The van der Waals surface area contributed by atoms with Gasteiger partial charge in [-0.15, -0.1) is 0 Å². The van der Waals surface area contributed by atoms with E-state index in [-0.39, 0.29) is 17.6 Å². The maximum atomic E-state index is 12.9. The molecule has 1 aliphatic heterocycles. The van der Waals surface area contributed by atoms with Crippen molar-refractivity contribution in [3.05, 3.63) is 47.4 Å². The number of carbonyl (C=O) groups excluding carboxylic acids is 1. The Morgan fingerprint density at radius 2 is 1.94 bits per heavy atom. The van der Waals surface area contributed by atoms with Crippen molar-refractivity contribution in [1.29, 1.82) is 5.26 Å². The van der Waals surface area contributed by atoms with E-state index in [1.165, 1.54) is 11.8 Å². The molecule has 31 heavy (non-hydrogen) atoms. The minimum atomic E-state index is -0.261. The fraction of sp³-hybridized carbons (Fsp3) is 0.455. The lowest BCUT2D eigenvalue weighted by molar-refractivity contribution is 0.0947. The number of aromatic nitrogens is 2. The highest BCUT2D eigenvalue weighted by Gasteiger charge is 2.18. The summed E-state index contributed by atoms with van der Waals surface area (Å²) in [7, 11) is 8.16. The molecule has 0 aliphatic carbocycles. The second-order valence-electron chi connectivity index (χ2n) is 8.31. The molecule has 1 fully saturated rings. The zero-order valence-electron chi connectivity index (χ0n) is 18.4. The number of benzene rings is 1. The quantitative estimate of drug-likeness (QED) is 0.524. The molecule has 1 aromatic heterocycles. The monoisotopic (exact) mass is 417 g/mol. The molecule has 0 spiro atoms. The lowest BCUT2D eigenvalue weighted by Crippen LogP contribution is -2.47. The van der Waals surface area contributed by atoms with Crippen LogP contribution in [0.25, 0.3) is 0 Å². The van der Waals surface area contributed by atoms with Gasteiger partial charge in [-0.2, -0.15) is 5.26 Å². The largest absolute Gasteiger partial charge is 0.304 e. The SMILES string of the molecule is [B]c1cnc(C#N)nc1N(CC(C)C)NC(=O)c1ccc(CN2CCN(C)CC2)cc1. The standard InChI is InChI=1S/C22H28BN7O/c1-16(2)14-30(21-19(23)13-25-20(12-24)26-21)27-22(31)18-6-4-17(5-7-18)15-29-10-8-28(3)9-11-29/h4-7,13,16H,8-11,14-15H2,1-3H3,(H,27,31). The Hall–Kier alpha value is -2.96. The van der Waals surface area contributed by atoms with E-state index in [2.05, 4.69) is 32.2 Å². The Bertz CT molecular complexity index is 934. The highest BCUT2D eigenvalue weighted by molar-refractivity contribution is 6.35. The van der Waals surface area contributed by atoms with Gasteiger partial charge in [0.2, 0.25) is 5.82 Å². The van der Waals surface area contributed by atoms with Crippen molar-refractivity contribution in [3.63, 3.8) is 0 Å². The minimum Gasteiger partial charge on any atom is -0.304 e. The lowest BCUT2D eigenvalue weighted by Gasteiger charge is -2.32. The third-order valence-corrected chi connectivity index (χ3v) is 5.15. The summed E-state index contributed by atoms with van der Waals surface area (Å²) >= 11 is 0. The molecule has 1 aromatic carbocycles. The first kappa shape index (κ1) is 22.7. The van der Waals surface area contributed by atoms with E-state index in [0.29, 0.717) is 23.4 Å². The molecule has 0 atom stereocenters. The average Bonchev–Trinajstić information content (AvgIpc) is 2.75. The topological polar surface area (TPSA) is 88.4 Å². The van der Waals surface area contributed by atoms with Crippen LogP contribution >= 0.6 is 0 Å². The Labute approximate surface area is 185 Å². The zero-order valence-corrected chi connectivity index (χ0v) is 18.4. The van der Waals surface area contributed by atoms with Gasteiger partial charge in [-0.25, -0.2) is 9.97 Å². The van der Waals surface area contributed by atoms with Gasteiger partial charge in [0.1, 0.15) is 19.7 Å². The maximum absolute atomic E-state index is 12.9. The summed E-state index contributed by atoms with van der Waals surface area (Å²) in [5.74, 6) is 0.287. The van der Waals surface area contributed by atoms with Crippen LogP contribution in [0, 0.1) is 17.2 Å². The number of carbonyl (C=O) groups is 1. The van der Waals surface area contributed by atoms with Crippen molar-refractivity contribution < 1.29 is 4.79 Å². The van der Waals surface area contributed by atoms with Crippen LogP contribution in [-0.4, -0.2) is 73.3 Å². The highest BCUT2D eigenvalue weighted by Crippen LogP contribution is 2.12. The molecule has 0 unspecified atom stereocenters. The third kappa shape index (κ3) is 6.26. The summed E-state index contributed by atoms with van der Waals surface area (Å²) in [6.07, 6.45) is 1.38. The van der Waals surface area contributed by atoms with Gasteiger partial charge in [-0.05, 0) is 36.1 Å². The third-order valence-electron chi connectivity index (χ3n) is 5.15. The van der Waals surface area contributed by atoms with Gasteiger partial charge in [0.05, 0.1) is 0 Å². The normalized spacial score (nSPS) is 14.9. The molecular formula is C22H28BN7O. The summed E-state index contributed by atoms with van der Waals surface area (Å²) in [6.45, 7) is 9.66. The van der Waals surface area contributed by atoms with E-state index in [1.807, 2.05) is 44.2 Å². The number of likely N-dealkylation sites (N-methyl/N-ethyl adjacent to an activating group) is 1. The van der Waals surface area contributed by atoms with Crippen LogP contribution in [0.1, 0.15) is 35.6 Å². The molecule has 9 heteroatoms. The molecule has 2 radical (unpaired) electrons. The van der Waals surface area contributed by atoms with E-state index in [1.54, 1.807) is 5.01 Å². The van der Waals surface area contributed by atoms with E-state index in [9.17, 15) is 4.79 Å². The molecule has 2 aromatic rings. The van der Waals surface area contributed by atoms with Crippen LogP contribution in [0.5, 0.6) is 0 Å². The van der Waals surface area contributed by atoms with E-state index in [0.717, 1.165) is 32.7 Å². The van der Waals surface area contributed by atoms with Crippen molar-refractivity contribution in [2.24, 2.45) is 5.92 Å². The summed E-state index contributed by atoms with van der Waals surface area (Å²) in [5.41, 5.74) is 4.90. The first-order chi connectivity index (χ1) is 14.9. The number of nitriles is 1. The molecule has 0 bridgehead atoms. The summed E-state index contributed by atoms with van der Waals surface area (Å²) in [4.78, 5) is 25.7. The van der Waals surface area contributed by atoms with Crippen LogP contribution in [0.3, 0.4) is 0 Å². The van der Waals surface area contributed by atoms with Crippen molar-refractivity contribution in [1.82, 2.24) is 25.2 Å². The lowest BCUT2D eigenvalue weighted by atomic mass is 9.98. The number of hydrogen-bond donors (Lipinski definition) is 1. The highest BCUT2D eigenvalue weighted by atomic mass is 16.2. The summed E-state index contributed by atoms with van der Waals surface area (Å²) in [5, 5.41) is 10.7. The van der Waals surface area contributed by atoms with Crippen LogP contribution < -0.4 is 15.9 Å². The number of hydrogen-bond acceptors (Lipinski definition) is 7. The summed E-state index contributed by atoms with van der Waals surface area (Å²) < 4.78 is 0. The van der Waals surface area contributed by atoms with Crippen molar-refractivity contribution >= 4 is 25.0 Å². The Kier molecular flexibility index (Phi) is 7.61. The predicted octanol–water partition coefficient (Wildman–Crippen LogP) is 0.697. The molecule has 3 rings (SSSR count). The molecule has 1 aliphatic rings. The van der Waals surface area contributed by atoms with Crippen molar-refractivity contribution in [3.8, 4) is 6.07 Å². The Balaban J connectivity index is 1.69. The van der Waals surface area contributed by atoms with E-state index in [4.69, 9.17) is 13.1 Å². The van der Waals surface area contributed by atoms with Crippen molar-refractivity contribution in [2.75, 3.05) is 44.8 Å². The Morgan fingerprint density at radius 3 is 2.55 bits per heavy atom. The second kappa shape index (κ2) is 10.4. The van der Waals surface area contributed by atoms with Gasteiger partial charge >= 0.3 is 0 Å². The van der Waals surface area contributed by atoms with Gasteiger partial charge < -0.3 is 4.90 Å². The average molecular weight is 417 g/mol. The van der Waals surface area contributed by atoms with Crippen LogP contribution in [0.15, 0.2) is 30.5 Å². The van der Waals surface area contributed by atoms with Crippen LogP contribution in [0.4, 0.5) is 5.82 Å². The van der Waals surface area contributed by atoms with Gasteiger partial charge in [0.15, 0.2) is 0 Å². The van der Waals surface area contributed by atoms with E-state index >= 15 is 0 Å². The van der Waals surface area contributed by atoms with Gasteiger partial charge in [0.25, 0.3) is 5.91 Å². The number of nitrogens with one attached hydrogen (secondary N) is 1. The Morgan fingerprint density at radius 1 is 1.26 bits per heavy atom. The van der Waals surface area contributed by atoms with Crippen molar-refractivity contribution in [2.45, 2.75) is 20.4 Å². The fourth-order valence-corrected chi connectivity index (χ4v) is 3.42. The molecule has 8 nitrogen and oxygen atoms in total. The molecular weight excluding hydrogens is 389 g/mol. The molecule has 1 N–H and O–H groups in total.